The average molecular weight is 337 g/mol. The summed E-state index contributed by atoms with van der Waals surface area (Å²) < 4.78 is 5.30. The first-order valence-electron chi connectivity index (χ1n) is 8.65. The Morgan fingerprint density at radius 1 is 1.04 bits per heavy atom. The van der Waals surface area contributed by atoms with Crippen LogP contribution in [0.3, 0.4) is 0 Å². The van der Waals surface area contributed by atoms with Crippen molar-refractivity contribution in [2.75, 3.05) is 27.2 Å². The van der Waals surface area contributed by atoms with Crippen molar-refractivity contribution in [3.05, 3.63) is 54.1 Å². The molecule has 1 spiro atoms. The Labute approximate surface area is 148 Å². The van der Waals surface area contributed by atoms with Gasteiger partial charge < -0.3 is 9.64 Å². The van der Waals surface area contributed by atoms with Crippen LogP contribution in [0.2, 0.25) is 0 Å². The molecule has 130 valence electrons. The average Bonchev–Trinajstić information content (AvgIpc) is 3.08. The number of hydrogen-bond acceptors (Lipinski definition) is 5. The van der Waals surface area contributed by atoms with Gasteiger partial charge in [0, 0.05) is 31.5 Å². The molecule has 2 aliphatic heterocycles. The summed E-state index contributed by atoms with van der Waals surface area (Å²) in [5.41, 5.74) is 5.97. The molecule has 1 saturated heterocycles. The maximum Gasteiger partial charge on any atom is 0.190 e. The monoisotopic (exact) mass is 337 g/mol. The highest BCUT2D eigenvalue weighted by Gasteiger charge is 2.39. The molecule has 0 saturated carbocycles. The molecular formula is C20H23N3O2. The molecule has 0 aromatic heterocycles. The third kappa shape index (κ3) is 3.25. The van der Waals surface area contributed by atoms with Crippen LogP contribution in [-0.4, -0.2) is 43.7 Å². The van der Waals surface area contributed by atoms with E-state index in [1.165, 1.54) is 0 Å². The Kier molecular flexibility index (Phi) is 4.19. The topological polar surface area (TPSA) is 46.1 Å². The van der Waals surface area contributed by atoms with Gasteiger partial charge in [-0.25, -0.2) is 15.3 Å². The van der Waals surface area contributed by atoms with Crippen LogP contribution < -0.4 is 10.2 Å². The number of methoxy groups -OCH3 is 1. The maximum absolute atomic E-state index is 5.85. The van der Waals surface area contributed by atoms with E-state index in [0.717, 1.165) is 54.2 Å². The molecule has 0 radical (unpaired) electrons. The molecular weight excluding hydrogens is 314 g/mol. The summed E-state index contributed by atoms with van der Waals surface area (Å²) in [5, 5.41) is 0. The van der Waals surface area contributed by atoms with Crippen molar-refractivity contribution >= 4 is 5.84 Å². The molecule has 0 bridgehead atoms. The van der Waals surface area contributed by atoms with Gasteiger partial charge in [-0.2, -0.15) is 0 Å². The van der Waals surface area contributed by atoms with Crippen LogP contribution in [-0.2, 0) is 4.84 Å². The molecule has 2 aliphatic rings. The summed E-state index contributed by atoms with van der Waals surface area (Å²) in [6.07, 6.45) is 1.84. The lowest BCUT2D eigenvalue weighted by Crippen LogP contribution is -2.42. The fraction of sp³-hybridized carbons (Fsp3) is 0.350. The predicted molar refractivity (Wildman–Crippen MR) is 98.6 cm³/mol. The Hall–Kier alpha value is -2.37. The van der Waals surface area contributed by atoms with Crippen LogP contribution in [0.25, 0.3) is 11.1 Å². The molecule has 2 aromatic rings. The number of ether oxygens (including phenoxy) is 1. The van der Waals surface area contributed by atoms with Gasteiger partial charge in [-0.3, -0.25) is 0 Å². The van der Waals surface area contributed by atoms with Crippen molar-refractivity contribution < 1.29 is 9.57 Å². The summed E-state index contributed by atoms with van der Waals surface area (Å²) in [7, 11) is 3.82. The van der Waals surface area contributed by atoms with Gasteiger partial charge in [-0.15, -0.1) is 0 Å². The van der Waals surface area contributed by atoms with Gasteiger partial charge in [-0.05, 0) is 30.3 Å². The van der Waals surface area contributed by atoms with Crippen LogP contribution in [0.15, 0.2) is 53.5 Å². The van der Waals surface area contributed by atoms with Crippen molar-refractivity contribution in [1.29, 1.82) is 0 Å². The van der Waals surface area contributed by atoms with Crippen LogP contribution in [0, 0.1) is 0 Å². The normalized spacial score (nSPS) is 19.5. The van der Waals surface area contributed by atoms with Crippen LogP contribution in [0.4, 0.5) is 0 Å². The standard InChI is InChI=1S/C20H23N3O2/c1-23-12-10-20(11-13-23)21-19(22-25-20)16-8-6-15(7-9-16)17-4-3-5-18(14-17)24-2/h3-9,14H,10-13H2,1-2H3,(H,21,22). The van der Waals surface area contributed by atoms with E-state index in [1.54, 1.807) is 7.11 Å². The van der Waals surface area contributed by atoms with Gasteiger partial charge in [-0.1, -0.05) is 36.4 Å². The summed E-state index contributed by atoms with van der Waals surface area (Å²) in [5.74, 6) is 1.68. The summed E-state index contributed by atoms with van der Waals surface area (Å²) in [6, 6.07) is 16.4. The lowest BCUT2D eigenvalue weighted by Gasteiger charge is -2.33. The van der Waals surface area contributed by atoms with E-state index in [-0.39, 0.29) is 0 Å². The molecule has 5 nitrogen and oxygen atoms in total. The smallest absolute Gasteiger partial charge is 0.190 e. The molecule has 0 aliphatic carbocycles. The van der Waals surface area contributed by atoms with Crippen LogP contribution in [0.1, 0.15) is 18.4 Å². The first-order chi connectivity index (χ1) is 12.2. The van der Waals surface area contributed by atoms with Crippen molar-refractivity contribution in [2.45, 2.75) is 18.6 Å². The van der Waals surface area contributed by atoms with Crippen molar-refractivity contribution in [2.24, 2.45) is 4.99 Å². The van der Waals surface area contributed by atoms with E-state index in [2.05, 4.69) is 47.8 Å². The zero-order chi connectivity index (χ0) is 17.3. The summed E-state index contributed by atoms with van der Waals surface area (Å²) >= 11 is 0. The van der Waals surface area contributed by atoms with Gasteiger partial charge in [0.2, 0.25) is 0 Å². The number of hydrogen-bond donors (Lipinski definition) is 1. The summed E-state index contributed by atoms with van der Waals surface area (Å²) in [6.45, 7) is 2.01. The van der Waals surface area contributed by atoms with Crippen molar-refractivity contribution in [3.63, 3.8) is 0 Å². The highest BCUT2D eigenvalue weighted by atomic mass is 16.7. The lowest BCUT2D eigenvalue weighted by molar-refractivity contribution is -0.0863. The first-order valence-corrected chi connectivity index (χ1v) is 8.65. The molecule has 1 N–H and O–H groups in total. The molecule has 25 heavy (non-hydrogen) atoms. The van der Waals surface area contributed by atoms with E-state index in [0.29, 0.717) is 0 Å². The Morgan fingerprint density at radius 2 is 1.76 bits per heavy atom. The predicted octanol–water partition coefficient (Wildman–Crippen LogP) is 3.07. The largest absolute Gasteiger partial charge is 0.497 e. The van der Waals surface area contributed by atoms with Gasteiger partial charge in [0.15, 0.2) is 11.6 Å². The zero-order valence-electron chi connectivity index (χ0n) is 14.7. The number of likely N-dealkylation sites (tertiary alicyclic amines) is 1. The molecule has 0 unspecified atom stereocenters. The second-order valence-corrected chi connectivity index (χ2v) is 6.72. The van der Waals surface area contributed by atoms with Gasteiger partial charge in [0.1, 0.15) is 5.75 Å². The summed E-state index contributed by atoms with van der Waals surface area (Å²) in [4.78, 5) is 13.0. The Bertz CT molecular complexity index is 778. The SMILES string of the molecule is COc1cccc(-c2ccc(C3=NC4(CCN(C)CC4)ON3)cc2)c1. The van der Waals surface area contributed by atoms with Crippen molar-refractivity contribution in [3.8, 4) is 16.9 Å². The highest BCUT2D eigenvalue weighted by molar-refractivity contribution is 5.99. The van der Waals surface area contributed by atoms with E-state index in [9.17, 15) is 0 Å². The minimum absolute atomic E-state index is 0.396. The van der Waals surface area contributed by atoms with Gasteiger partial charge in [0.05, 0.1) is 7.11 Å². The Morgan fingerprint density at radius 3 is 2.48 bits per heavy atom. The highest BCUT2D eigenvalue weighted by Crippen LogP contribution is 2.31. The number of nitrogens with one attached hydrogen (secondary N) is 1. The number of hydroxylamine groups is 1. The van der Waals surface area contributed by atoms with E-state index < -0.39 is 5.72 Å². The minimum Gasteiger partial charge on any atom is -0.497 e. The third-order valence-electron chi connectivity index (χ3n) is 4.98. The molecule has 2 aromatic carbocycles. The van der Waals surface area contributed by atoms with Gasteiger partial charge in [0.25, 0.3) is 0 Å². The number of rotatable bonds is 3. The van der Waals surface area contributed by atoms with Crippen LogP contribution >= 0.6 is 0 Å². The molecule has 0 amide bonds. The molecule has 5 heteroatoms. The lowest BCUT2D eigenvalue weighted by atomic mass is 10.0. The fourth-order valence-corrected chi connectivity index (χ4v) is 3.32. The molecule has 2 heterocycles. The van der Waals surface area contributed by atoms with Crippen molar-refractivity contribution in [1.82, 2.24) is 10.4 Å². The van der Waals surface area contributed by atoms with E-state index in [4.69, 9.17) is 14.6 Å². The minimum atomic E-state index is -0.396. The zero-order valence-corrected chi connectivity index (χ0v) is 14.7. The quantitative estimate of drug-likeness (QED) is 0.935. The van der Waals surface area contributed by atoms with E-state index in [1.807, 2.05) is 18.2 Å². The second-order valence-electron chi connectivity index (χ2n) is 6.72. The second kappa shape index (κ2) is 6.50. The van der Waals surface area contributed by atoms with E-state index >= 15 is 0 Å². The maximum atomic E-state index is 5.85. The number of nitrogens with zero attached hydrogens (tertiary/aromatic N) is 2. The third-order valence-corrected chi connectivity index (χ3v) is 4.98. The molecule has 0 atom stereocenters. The number of amidine groups is 1. The number of piperidine rings is 1. The van der Waals surface area contributed by atoms with Gasteiger partial charge >= 0.3 is 0 Å². The van der Waals surface area contributed by atoms with Crippen LogP contribution in [0.5, 0.6) is 5.75 Å². The molecule has 1 fully saturated rings. The number of aliphatic imine (C=N–C) groups is 1. The number of benzene rings is 2. The first kappa shape index (κ1) is 16.1. The Balaban J connectivity index is 1.54. The molecule has 4 rings (SSSR count). The fourth-order valence-electron chi connectivity index (χ4n) is 3.32.